The molecule has 1 aromatic carbocycles. The Bertz CT molecular complexity index is 646. The summed E-state index contributed by atoms with van der Waals surface area (Å²) in [5.41, 5.74) is -1.21. The highest BCUT2D eigenvalue weighted by molar-refractivity contribution is 6.30. The summed E-state index contributed by atoms with van der Waals surface area (Å²) in [6.45, 7) is 3.38. The molecule has 0 saturated heterocycles. The van der Waals surface area contributed by atoms with Crippen molar-refractivity contribution in [3.8, 4) is 5.75 Å². The van der Waals surface area contributed by atoms with E-state index in [-0.39, 0.29) is 6.61 Å². The lowest BCUT2D eigenvalue weighted by Gasteiger charge is -2.23. The molecule has 0 aliphatic heterocycles. The number of aromatic nitrogens is 4. The van der Waals surface area contributed by atoms with Crippen LogP contribution in [0.3, 0.4) is 0 Å². The van der Waals surface area contributed by atoms with Gasteiger partial charge in [0.15, 0.2) is 11.4 Å². The van der Waals surface area contributed by atoms with Crippen LogP contribution < -0.4 is 4.74 Å². The van der Waals surface area contributed by atoms with Crippen LogP contribution in [0.25, 0.3) is 0 Å². The van der Waals surface area contributed by atoms with Crippen molar-refractivity contribution in [2.24, 2.45) is 0 Å². The zero-order valence-corrected chi connectivity index (χ0v) is 12.4. The molecule has 1 unspecified atom stereocenters. The van der Waals surface area contributed by atoms with Crippen LogP contribution in [0.15, 0.2) is 24.3 Å². The Balaban J connectivity index is 2.19. The number of aliphatic carboxylic acids is 1. The van der Waals surface area contributed by atoms with Gasteiger partial charge in [0.1, 0.15) is 12.4 Å². The number of rotatable bonds is 6. The molecule has 8 heteroatoms. The molecule has 0 fully saturated rings. The largest absolute Gasteiger partial charge is 0.485 e. The average molecular weight is 311 g/mol. The van der Waals surface area contributed by atoms with Crippen molar-refractivity contribution in [3.63, 3.8) is 0 Å². The van der Waals surface area contributed by atoms with Gasteiger partial charge < -0.3 is 9.84 Å². The monoisotopic (exact) mass is 310 g/mol. The van der Waals surface area contributed by atoms with E-state index in [1.165, 1.54) is 4.68 Å². The zero-order valence-electron chi connectivity index (χ0n) is 11.7. The van der Waals surface area contributed by atoms with Gasteiger partial charge in [0.25, 0.3) is 0 Å². The second kappa shape index (κ2) is 6.09. The van der Waals surface area contributed by atoms with Crippen LogP contribution in [-0.2, 0) is 16.9 Å². The van der Waals surface area contributed by atoms with Gasteiger partial charge >= 0.3 is 5.97 Å². The maximum Gasteiger partial charge on any atom is 0.331 e. The van der Waals surface area contributed by atoms with Gasteiger partial charge in [-0.2, -0.15) is 0 Å². The SMILES string of the molecule is CCC(C)(C(=O)O)n1nnnc1COc1cccc(Cl)c1. The van der Waals surface area contributed by atoms with Crippen LogP contribution in [0.4, 0.5) is 0 Å². The van der Waals surface area contributed by atoms with Gasteiger partial charge in [-0.3, -0.25) is 0 Å². The minimum atomic E-state index is -1.21. The Labute approximate surface area is 126 Å². The summed E-state index contributed by atoms with van der Waals surface area (Å²) >= 11 is 5.87. The lowest BCUT2D eigenvalue weighted by atomic mass is 9.99. The molecule has 2 aromatic rings. The van der Waals surface area contributed by atoms with E-state index in [2.05, 4.69) is 15.5 Å². The summed E-state index contributed by atoms with van der Waals surface area (Å²) in [6, 6.07) is 6.90. The zero-order chi connectivity index (χ0) is 15.5. The van der Waals surface area contributed by atoms with E-state index < -0.39 is 11.5 Å². The Morgan fingerprint density at radius 2 is 2.29 bits per heavy atom. The van der Waals surface area contributed by atoms with E-state index in [1.807, 2.05) is 0 Å². The number of nitrogens with zero attached hydrogens (tertiary/aromatic N) is 4. The molecule has 7 nitrogen and oxygen atoms in total. The molecule has 1 aromatic heterocycles. The third-order valence-corrected chi connectivity index (χ3v) is 3.55. The summed E-state index contributed by atoms with van der Waals surface area (Å²) in [4.78, 5) is 11.4. The van der Waals surface area contributed by atoms with Crippen LogP contribution in [0.5, 0.6) is 5.75 Å². The average Bonchev–Trinajstić information content (AvgIpc) is 2.93. The first kappa shape index (κ1) is 15.2. The molecule has 0 amide bonds. The highest BCUT2D eigenvalue weighted by Crippen LogP contribution is 2.22. The minimum Gasteiger partial charge on any atom is -0.485 e. The standard InChI is InChI=1S/C13H15ClN4O3/c1-3-13(2,12(19)20)18-11(15-16-17-18)8-21-10-6-4-5-9(14)7-10/h4-7H,3,8H2,1-2H3,(H,19,20). The van der Waals surface area contributed by atoms with Crippen LogP contribution in [0, 0.1) is 0 Å². The smallest absolute Gasteiger partial charge is 0.331 e. The first-order chi connectivity index (χ1) is 9.97. The molecule has 0 saturated carbocycles. The van der Waals surface area contributed by atoms with Gasteiger partial charge in [-0.15, -0.1) is 5.10 Å². The Kier molecular flexibility index (Phi) is 4.42. The fraction of sp³-hybridized carbons (Fsp3) is 0.385. The fourth-order valence-electron chi connectivity index (χ4n) is 1.78. The van der Waals surface area contributed by atoms with Crippen LogP contribution in [0.2, 0.25) is 5.02 Å². The van der Waals surface area contributed by atoms with Crippen LogP contribution >= 0.6 is 11.6 Å². The normalized spacial score (nSPS) is 13.7. The first-order valence-electron chi connectivity index (χ1n) is 6.37. The van der Waals surface area contributed by atoms with Gasteiger partial charge in [-0.25, -0.2) is 9.48 Å². The summed E-state index contributed by atoms with van der Waals surface area (Å²) in [6.07, 6.45) is 0.345. The summed E-state index contributed by atoms with van der Waals surface area (Å²) in [5.74, 6) is -0.103. The van der Waals surface area contributed by atoms with Crippen LogP contribution in [-0.4, -0.2) is 31.3 Å². The minimum absolute atomic E-state index is 0.0518. The molecule has 21 heavy (non-hydrogen) atoms. The number of halogens is 1. The molecule has 0 spiro atoms. The Morgan fingerprint density at radius 3 is 2.90 bits per heavy atom. The lowest BCUT2D eigenvalue weighted by molar-refractivity contribution is -0.147. The molecule has 0 aliphatic carbocycles. The number of hydrogen-bond acceptors (Lipinski definition) is 5. The molecular formula is C13H15ClN4O3. The summed E-state index contributed by atoms with van der Waals surface area (Å²) in [7, 11) is 0. The predicted molar refractivity (Wildman–Crippen MR) is 75.2 cm³/mol. The topological polar surface area (TPSA) is 90.1 Å². The Hall–Kier alpha value is -2.15. The van der Waals surface area contributed by atoms with Gasteiger partial charge in [0.05, 0.1) is 0 Å². The molecule has 2 rings (SSSR count). The highest BCUT2D eigenvalue weighted by atomic mass is 35.5. The van der Waals surface area contributed by atoms with Gasteiger partial charge in [-0.05, 0) is 42.0 Å². The lowest BCUT2D eigenvalue weighted by Crippen LogP contribution is -2.40. The van der Waals surface area contributed by atoms with Crippen molar-refractivity contribution in [3.05, 3.63) is 35.1 Å². The molecular weight excluding hydrogens is 296 g/mol. The van der Waals surface area contributed by atoms with E-state index in [0.29, 0.717) is 23.0 Å². The van der Waals surface area contributed by atoms with Crippen molar-refractivity contribution >= 4 is 17.6 Å². The van der Waals surface area contributed by atoms with Gasteiger partial charge in [0, 0.05) is 5.02 Å². The number of hydrogen-bond donors (Lipinski definition) is 1. The maximum absolute atomic E-state index is 11.4. The van der Waals surface area contributed by atoms with E-state index in [1.54, 1.807) is 38.1 Å². The number of ether oxygens (including phenoxy) is 1. The molecule has 0 bridgehead atoms. The van der Waals surface area contributed by atoms with Gasteiger partial charge in [0.2, 0.25) is 0 Å². The quantitative estimate of drug-likeness (QED) is 0.879. The third kappa shape index (κ3) is 3.13. The number of carbonyl (C=O) groups is 1. The Morgan fingerprint density at radius 1 is 1.52 bits per heavy atom. The van der Waals surface area contributed by atoms with Crippen molar-refractivity contribution < 1.29 is 14.6 Å². The second-order valence-corrected chi connectivity index (χ2v) is 5.12. The predicted octanol–water partition coefficient (Wildman–Crippen LogP) is 2.12. The highest BCUT2D eigenvalue weighted by Gasteiger charge is 2.37. The van der Waals surface area contributed by atoms with Crippen LogP contribution in [0.1, 0.15) is 26.1 Å². The molecule has 0 aliphatic rings. The number of benzene rings is 1. The fourth-order valence-corrected chi connectivity index (χ4v) is 1.96. The second-order valence-electron chi connectivity index (χ2n) is 4.69. The van der Waals surface area contributed by atoms with E-state index in [9.17, 15) is 9.90 Å². The molecule has 112 valence electrons. The molecule has 1 heterocycles. The summed E-state index contributed by atoms with van der Waals surface area (Å²) < 4.78 is 6.83. The van der Waals surface area contributed by atoms with Gasteiger partial charge in [-0.1, -0.05) is 24.6 Å². The number of carboxylic acids is 1. The maximum atomic E-state index is 11.4. The van der Waals surface area contributed by atoms with Crippen molar-refractivity contribution in [2.45, 2.75) is 32.4 Å². The molecule has 1 N–H and O–H groups in total. The third-order valence-electron chi connectivity index (χ3n) is 3.31. The first-order valence-corrected chi connectivity index (χ1v) is 6.74. The van der Waals surface area contributed by atoms with E-state index in [4.69, 9.17) is 16.3 Å². The number of tetrazole rings is 1. The van der Waals surface area contributed by atoms with Crippen molar-refractivity contribution in [1.29, 1.82) is 0 Å². The molecule has 0 radical (unpaired) electrons. The number of carboxylic acid groups (broad SMARTS) is 1. The van der Waals surface area contributed by atoms with E-state index in [0.717, 1.165) is 0 Å². The van der Waals surface area contributed by atoms with Crippen molar-refractivity contribution in [2.75, 3.05) is 0 Å². The van der Waals surface area contributed by atoms with Crippen molar-refractivity contribution in [1.82, 2.24) is 20.2 Å². The van der Waals surface area contributed by atoms with E-state index >= 15 is 0 Å². The summed E-state index contributed by atoms with van der Waals surface area (Å²) in [5, 5.41) is 21.1. The molecule has 1 atom stereocenters.